The van der Waals surface area contributed by atoms with Gasteiger partial charge < -0.3 is 9.64 Å². The number of anilines is 1. The zero-order chi connectivity index (χ0) is 24.7. The van der Waals surface area contributed by atoms with Crippen molar-refractivity contribution in [2.75, 3.05) is 18.6 Å². The van der Waals surface area contributed by atoms with Crippen LogP contribution in [0.3, 0.4) is 0 Å². The second kappa shape index (κ2) is 8.86. The molecule has 0 aliphatic carbocycles. The van der Waals surface area contributed by atoms with Gasteiger partial charge in [0, 0.05) is 38.0 Å². The van der Waals surface area contributed by atoms with Gasteiger partial charge in [0.1, 0.15) is 28.6 Å². The smallest absolute Gasteiger partial charge is 0.227 e. The van der Waals surface area contributed by atoms with Gasteiger partial charge in [0.25, 0.3) is 0 Å². The number of fused-ring (bicyclic) bond motifs is 1. The van der Waals surface area contributed by atoms with E-state index in [2.05, 4.69) is 15.1 Å². The van der Waals surface area contributed by atoms with E-state index in [9.17, 15) is 14.0 Å². The first-order valence-electron chi connectivity index (χ1n) is 11.0. The Morgan fingerprint density at radius 2 is 2.03 bits per heavy atom. The molecular weight excluding hydrogens is 456 g/mol. The Morgan fingerprint density at radius 1 is 1.20 bits per heavy atom. The minimum absolute atomic E-state index is 0.00497. The zero-order valence-electron chi connectivity index (χ0n) is 19.1. The molecule has 0 unspecified atom stereocenters. The molecule has 10 heteroatoms. The Bertz CT molecular complexity index is 1480. The summed E-state index contributed by atoms with van der Waals surface area (Å²) in [6.45, 7) is 0.473. The lowest BCUT2D eigenvalue weighted by Crippen LogP contribution is -2.26. The molecule has 0 radical (unpaired) electrons. The third-order valence-corrected chi connectivity index (χ3v) is 6.08. The molecule has 1 saturated heterocycles. The molecular formula is C25H21F2N5O3. The molecule has 4 aromatic rings. The molecule has 5 rings (SSSR count). The maximum absolute atomic E-state index is 15.0. The molecule has 0 saturated carbocycles. The normalized spacial score (nSPS) is 13.6. The van der Waals surface area contributed by atoms with Crippen molar-refractivity contribution in [1.82, 2.24) is 19.7 Å². The molecule has 3 heterocycles. The number of carbonyl (C=O) groups is 2. The van der Waals surface area contributed by atoms with Gasteiger partial charge in [0.15, 0.2) is 11.6 Å². The van der Waals surface area contributed by atoms with Gasteiger partial charge in [-0.15, -0.1) is 0 Å². The van der Waals surface area contributed by atoms with E-state index in [0.29, 0.717) is 36.0 Å². The fourth-order valence-electron chi connectivity index (χ4n) is 4.48. The second-order valence-corrected chi connectivity index (χ2v) is 8.23. The van der Waals surface area contributed by atoms with Gasteiger partial charge in [-0.1, -0.05) is 6.07 Å². The van der Waals surface area contributed by atoms with Gasteiger partial charge in [0.05, 0.1) is 24.6 Å². The molecule has 0 bridgehead atoms. The highest BCUT2D eigenvalue weighted by atomic mass is 19.1. The average molecular weight is 477 g/mol. The number of ketones is 1. The molecule has 1 aliphatic rings. The van der Waals surface area contributed by atoms with E-state index in [1.54, 1.807) is 18.0 Å². The number of aromatic nitrogens is 4. The van der Waals surface area contributed by atoms with Crippen LogP contribution in [-0.4, -0.2) is 45.1 Å². The largest absolute Gasteiger partial charge is 0.496 e. The molecule has 8 nitrogen and oxygen atoms in total. The summed E-state index contributed by atoms with van der Waals surface area (Å²) in [5.74, 6) is -1.43. The van der Waals surface area contributed by atoms with E-state index < -0.39 is 17.4 Å². The molecule has 0 N–H and O–H groups in total. The number of amides is 1. The predicted molar refractivity (Wildman–Crippen MR) is 124 cm³/mol. The SMILES string of the molecule is COc1cccc(F)c1-c1nccc(C(=O)Cc2cc(F)c3c(cnn3C)c2N2CCCC2=O)n1. The van der Waals surface area contributed by atoms with E-state index in [4.69, 9.17) is 4.74 Å². The van der Waals surface area contributed by atoms with E-state index in [-0.39, 0.29) is 40.7 Å². The molecule has 2 aromatic carbocycles. The Balaban J connectivity index is 1.56. The van der Waals surface area contributed by atoms with Crippen molar-refractivity contribution in [2.24, 2.45) is 7.05 Å². The van der Waals surface area contributed by atoms with Crippen LogP contribution in [0.25, 0.3) is 22.3 Å². The number of hydrogen-bond acceptors (Lipinski definition) is 6. The Kier molecular flexibility index (Phi) is 5.72. The third kappa shape index (κ3) is 3.90. The number of aryl methyl sites for hydroxylation is 1. The zero-order valence-corrected chi connectivity index (χ0v) is 19.1. The first-order chi connectivity index (χ1) is 16.9. The topological polar surface area (TPSA) is 90.2 Å². The fraction of sp³-hybridized carbons (Fsp3) is 0.240. The lowest BCUT2D eigenvalue weighted by Gasteiger charge is -2.21. The monoisotopic (exact) mass is 477 g/mol. The van der Waals surface area contributed by atoms with Gasteiger partial charge in [-0.2, -0.15) is 5.10 Å². The molecule has 1 aliphatic heterocycles. The van der Waals surface area contributed by atoms with Crippen molar-refractivity contribution in [3.8, 4) is 17.1 Å². The number of rotatable bonds is 6. The number of Topliss-reactive ketones (excluding diaryl/α,β-unsaturated/α-hetero) is 1. The number of carbonyl (C=O) groups excluding carboxylic acids is 2. The predicted octanol–water partition coefficient (Wildman–Crippen LogP) is 3.87. The van der Waals surface area contributed by atoms with Crippen molar-refractivity contribution >= 4 is 28.3 Å². The van der Waals surface area contributed by atoms with Crippen LogP contribution in [0.15, 0.2) is 42.7 Å². The molecule has 0 spiro atoms. The van der Waals surface area contributed by atoms with Crippen LogP contribution >= 0.6 is 0 Å². The summed E-state index contributed by atoms with van der Waals surface area (Å²) in [7, 11) is 3.02. The number of benzene rings is 2. The van der Waals surface area contributed by atoms with Gasteiger partial charge in [-0.25, -0.2) is 18.7 Å². The molecule has 35 heavy (non-hydrogen) atoms. The Labute approximate surface area is 199 Å². The first-order valence-corrected chi connectivity index (χ1v) is 11.0. The van der Waals surface area contributed by atoms with Crippen LogP contribution in [0, 0.1) is 11.6 Å². The van der Waals surface area contributed by atoms with Crippen LogP contribution < -0.4 is 9.64 Å². The van der Waals surface area contributed by atoms with Crippen molar-refractivity contribution in [2.45, 2.75) is 19.3 Å². The molecule has 2 aromatic heterocycles. The Morgan fingerprint density at radius 3 is 2.77 bits per heavy atom. The van der Waals surface area contributed by atoms with Crippen molar-refractivity contribution in [3.63, 3.8) is 0 Å². The third-order valence-electron chi connectivity index (χ3n) is 6.08. The summed E-state index contributed by atoms with van der Waals surface area (Å²) in [6.07, 6.45) is 3.70. The quantitative estimate of drug-likeness (QED) is 0.392. The summed E-state index contributed by atoms with van der Waals surface area (Å²) >= 11 is 0. The minimum Gasteiger partial charge on any atom is -0.496 e. The van der Waals surface area contributed by atoms with Crippen molar-refractivity contribution in [3.05, 3.63) is 65.6 Å². The first kappa shape index (κ1) is 22.6. The minimum atomic E-state index is -0.590. The summed E-state index contributed by atoms with van der Waals surface area (Å²) < 4.78 is 36.2. The van der Waals surface area contributed by atoms with Crippen LogP contribution in [-0.2, 0) is 18.3 Å². The Hall–Kier alpha value is -4.21. The number of hydrogen-bond donors (Lipinski definition) is 0. The van der Waals surface area contributed by atoms with Gasteiger partial charge in [-0.05, 0) is 36.2 Å². The van der Waals surface area contributed by atoms with E-state index in [0.717, 1.165) is 0 Å². The summed E-state index contributed by atoms with van der Waals surface area (Å²) in [4.78, 5) is 35.8. The van der Waals surface area contributed by atoms with E-state index >= 15 is 4.39 Å². The lowest BCUT2D eigenvalue weighted by molar-refractivity contribution is -0.117. The maximum atomic E-state index is 15.0. The molecule has 178 valence electrons. The highest BCUT2D eigenvalue weighted by Crippen LogP contribution is 2.36. The van der Waals surface area contributed by atoms with Gasteiger partial charge in [-0.3, -0.25) is 14.3 Å². The summed E-state index contributed by atoms with van der Waals surface area (Å²) in [5, 5.41) is 4.61. The fourth-order valence-corrected chi connectivity index (χ4v) is 4.48. The van der Waals surface area contributed by atoms with Crippen LogP contribution in [0.5, 0.6) is 5.75 Å². The van der Waals surface area contributed by atoms with Gasteiger partial charge >= 0.3 is 0 Å². The molecule has 1 amide bonds. The molecule has 1 fully saturated rings. The van der Waals surface area contributed by atoms with Crippen LogP contribution in [0.2, 0.25) is 0 Å². The summed E-state index contributed by atoms with van der Waals surface area (Å²) in [6, 6.07) is 7.00. The molecule has 0 atom stereocenters. The van der Waals surface area contributed by atoms with E-state index in [1.165, 1.54) is 48.5 Å². The number of ether oxygens (including phenoxy) is 1. The highest BCUT2D eigenvalue weighted by Gasteiger charge is 2.29. The lowest BCUT2D eigenvalue weighted by atomic mass is 10.0. The summed E-state index contributed by atoms with van der Waals surface area (Å²) in [5.41, 5.74) is 1.16. The van der Waals surface area contributed by atoms with Crippen LogP contribution in [0.1, 0.15) is 28.9 Å². The number of nitrogens with zero attached hydrogens (tertiary/aromatic N) is 5. The average Bonchev–Trinajstić information content (AvgIpc) is 3.45. The van der Waals surface area contributed by atoms with E-state index in [1.807, 2.05) is 0 Å². The maximum Gasteiger partial charge on any atom is 0.227 e. The highest BCUT2D eigenvalue weighted by molar-refractivity contribution is 6.07. The standard InChI is InChI=1S/C25H21F2N5O3/c1-31-24-15(13-29-31)23(32-10-4-7-21(32)34)14(11-17(24)27)12-19(33)18-8-9-28-25(30-18)22-16(26)5-3-6-20(22)35-2/h3,5-6,8-9,11,13H,4,7,10,12H2,1-2H3. The second-order valence-electron chi connectivity index (χ2n) is 8.23. The number of methoxy groups -OCH3 is 1. The van der Waals surface area contributed by atoms with Gasteiger partial charge in [0.2, 0.25) is 5.91 Å². The van der Waals surface area contributed by atoms with Crippen LogP contribution in [0.4, 0.5) is 14.5 Å². The number of halogens is 2. The van der Waals surface area contributed by atoms with Crippen molar-refractivity contribution in [1.29, 1.82) is 0 Å². The van der Waals surface area contributed by atoms with Crippen molar-refractivity contribution < 1.29 is 23.1 Å².